The number of anilines is 3. The Bertz CT molecular complexity index is 1120. The second kappa shape index (κ2) is 10.5. The number of aromatic nitrogens is 2. The molecule has 1 saturated heterocycles. The Balaban J connectivity index is 1.33. The molecule has 3 aromatic rings. The summed E-state index contributed by atoms with van der Waals surface area (Å²) in [5.41, 5.74) is 2.39. The molecule has 0 radical (unpaired) electrons. The lowest BCUT2D eigenvalue weighted by molar-refractivity contribution is -0.113. The predicted molar refractivity (Wildman–Crippen MR) is 130 cm³/mol. The molecule has 0 bridgehead atoms. The van der Waals surface area contributed by atoms with Crippen molar-refractivity contribution in [2.24, 2.45) is 0 Å². The second-order valence-electron chi connectivity index (χ2n) is 7.66. The number of methoxy groups -OCH3 is 1. The Morgan fingerprint density at radius 3 is 2.64 bits per heavy atom. The Kier molecular flexibility index (Phi) is 7.29. The van der Waals surface area contributed by atoms with Gasteiger partial charge in [-0.1, -0.05) is 30.0 Å². The molecule has 1 aromatic heterocycles. The lowest BCUT2D eigenvalue weighted by Crippen LogP contribution is -2.47. The average Bonchev–Trinajstić information content (AvgIpc) is 2.85. The molecule has 7 nitrogen and oxygen atoms in total. The van der Waals surface area contributed by atoms with Gasteiger partial charge in [0.25, 0.3) is 0 Å². The van der Waals surface area contributed by atoms with E-state index in [4.69, 9.17) is 4.74 Å². The van der Waals surface area contributed by atoms with E-state index in [1.165, 1.54) is 30.2 Å². The van der Waals surface area contributed by atoms with Crippen molar-refractivity contribution in [1.29, 1.82) is 0 Å². The molecule has 4 rings (SSSR count). The highest BCUT2D eigenvalue weighted by Gasteiger charge is 2.21. The number of carbonyl (C=O) groups is 1. The third-order valence-electron chi connectivity index (χ3n) is 5.48. The maximum absolute atomic E-state index is 13.4. The smallest absolute Gasteiger partial charge is 0.234 e. The van der Waals surface area contributed by atoms with Crippen LogP contribution in [0.15, 0.2) is 59.9 Å². The first-order valence-electron chi connectivity index (χ1n) is 10.7. The minimum absolute atomic E-state index is 0.175. The fourth-order valence-electron chi connectivity index (χ4n) is 3.70. The minimum Gasteiger partial charge on any atom is -0.495 e. The van der Waals surface area contributed by atoms with Crippen LogP contribution in [-0.4, -0.2) is 54.9 Å². The predicted octanol–water partition coefficient (Wildman–Crippen LogP) is 3.99. The van der Waals surface area contributed by atoms with Gasteiger partial charge in [-0.15, -0.1) is 0 Å². The number of halogens is 1. The Labute approximate surface area is 197 Å². The van der Waals surface area contributed by atoms with Gasteiger partial charge in [0.15, 0.2) is 0 Å². The van der Waals surface area contributed by atoms with Crippen molar-refractivity contribution in [2.45, 2.75) is 11.9 Å². The lowest BCUT2D eigenvalue weighted by Gasteiger charge is -2.37. The third kappa shape index (κ3) is 5.73. The van der Waals surface area contributed by atoms with Crippen LogP contribution in [0.5, 0.6) is 5.75 Å². The van der Waals surface area contributed by atoms with Gasteiger partial charge >= 0.3 is 0 Å². The average molecular weight is 468 g/mol. The standard InChI is InChI=1S/C24H26FN5O2S/c1-17-7-8-18(25)13-19(17)28-23(31)15-33-24-14-22(26-16-27-24)30-11-9-29(10-12-30)20-5-3-4-6-21(20)32-2/h3-8,13-14,16H,9-12,15H2,1-2H3,(H,28,31). The summed E-state index contributed by atoms with van der Waals surface area (Å²) in [6, 6.07) is 14.3. The minimum atomic E-state index is -0.380. The number of piperazine rings is 1. The highest BCUT2D eigenvalue weighted by molar-refractivity contribution is 7.99. The van der Waals surface area contributed by atoms with Crippen molar-refractivity contribution in [2.75, 3.05) is 54.2 Å². The molecule has 172 valence electrons. The zero-order valence-corrected chi connectivity index (χ0v) is 19.4. The van der Waals surface area contributed by atoms with Gasteiger partial charge in [0.05, 0.1) is 18.6 Å². The number of amides is 1. The molecule has 1 aliphatic heterocycles. The van der Waals surface area contributed by atoms with Crippen LogP contribution in [0.4, 0.5) is 21.6 Å². The maximum atomic E-state index is 13.4. The molecule has 0 atom stereocenters. The van der Waals surface area contributed by atoms with Crippen LogP contribution in [0.3, 0.4) is 0 Å². The normalized spacial score (nSPS) is 13.7. The SMILES string of the molecule is COc1ccccc1N1CCN(c2cc(SCC(=O)Nc3cc(F)ccc3C)ncn2)CC1. The first-order chi connectivity index (χ1) is 16.0. The molecule has 1 amide bonds. The highest BCUT2D eigenvalue weighted by atomic mass is 32.2. The number of carbonyl (C=O) groups excluding carboxylic acids is 1. The van der Waals surface area contributed by atoms with Gasteiger partial charge in [-0.25, -0.2) is 14.4 Å². The van der Waals surface area contributed by atoms with E-state index in [1.807, 2.05) is 31.2 Å². The van der Waals surface area contributed by atoms with E-state index >= 15 is 0 Å². The van der Waals surface area contributed by atoms with Gasteiger partial charge in [0.1, 0.15) is 28.7 Å². The van der Waals surface area contributed by atoms with Crippen molar-refractivity contribution >= 4 is 34.9 Å². The second-order valence-corrected chi connectivity index (χ2v) is 8.65. The molecule has 0 saturated carbocycles. The Morgan fingerprint density at radius 1 is 1.09 bits per heavy atom. The topological polar surface area (TPSA) is 70.6 Å². The Morgan fingerprint density at radius 2 is 1.85 bits per heavy atom. The molecule has 1 N–H and O–H groups in total. The number of thioether (sulfide) groups is 1. The summed E-state index contributed by atoms with van der Waals surface area (Å²) < 4.78 is 18.9. The van der Waals surface area contributed by atoms with E-state index < -0.39 is 0 Å². The van der Waals surface area contributed by atoms with Gasteiger partial charge < -0.3 is 19.9 Å². The van der Waals surface area contributed by atoms with Crippen molar-refractivity contribution < 1.29 is 13.9 Å². The van der Waals surface area contributed by atoms with Crippen LogP contribution in [0.2, 0.25) is 0 Å². The van der Waals surface area contributed by atoms with E-state index in [-0.39, 0.29) is 17.5 Å². The van der Waals surface area contributed by atoms with E-state index in [1.54, 1.807) is 13.2 Å². The van der Waals surface area contributed by atoms with Gasteiger partial charge in [0.2, 0.25) is 5.91 Å². The van der Waals surface area contributed by atoms with Crippen molar-refractivity contribution in [3.63, 3.8) is 0 Å². The van der Waals surface area contributed by atoms with Crippen LogP contribution >= 0.6 is 11.8 Å². The van der Waals surface area contributed by atoms with Crippen LogP contribution in [0.1, 0.15) is 5.56 Å². The fourth-order valence-corrected chi connectivity index (χ4v) is 4.37. The number of rotatable bonds is 7. The molecular formula is C24H26FN5O2S. The summed E-state index contributed by atoms with van der Waals surface area (Å²) in [5.74, 6) is 1.30. The van der Waals surface area contributed by atoms with Crippen LogP contribution in [0.25, 0.3) is 0 Å². The highest BCUT2D eigenvalue weighted by Crippen LogP contribution is 2.29. The first kappa shape index (κ1) is 22.8. The molecule has 9 heteroatoms. The number of benzene rings is 2. The number of nitrogens with one attached hydrogen (secondary N) is 1. The molecule has 0 unspecified atom stereocenters. The molecule has 33 heavy (non-hydrogen) atoms. The summed E-state index contributed by atoms with van der Waals surface area (Å²) in [6.45, 7) is 5.16. The molecular weight excluding hydrogens is 441 g/mol. The van der Waals surface area contributed by atoms with Gasteiger partial charge in [-0.2, -0.15) is 0 Å². The summed E-state index contributed by atoms with van der Waals surface area (Å²) in [4.78, 5) is 25.6. The monoisotopic (exact) mass is 467 g/mol. The molecule has 2 aromatic carbocycles. The summed E-state index contributed by atoms with van der Waals surface area (Å²) in [5, 5.41) is 3.48. The molecule has 1 fully saturated rings. The zero-order chi connectivity index (χ0) is 23.2. The third-order valence-corrected chi connectivity index (χ3v) is 6.41. The molecule has 0 spiro atoms. The maximum Gasteiger partial charge on any atom is 0.234 e. The number of aryl methyl sites for hydroxylation is 1. The number of hydrogen-bond acceptors (Lipinski definition) is 7. The van der Waals surface area contributed by atoms with Crippen LogP contribution < -0.4 is 19.9 Å². The van der Waals surface area contributed by atoms with Crippen molar-refractivity contribution in [3.05, 3.63) is 66.2 Å². The van der Waals surface area contributed by atoms with E-state index in [0.717, 1.165) is 54.0 Å². The summed E-state index contributed by atoms with van der Waals surface area (Å²) >= 11 is 1.33. The van der Waals surface area contributed by atoms with E-state index in [0.29, 0.717) is 5.69 Å². The van der Waals surface area contributed by atoms with Crippen LogP contribution in [0, 0.1) is 12.7 Å². The summed E-state index contributed by atoms with van der Waals surface area (Å²) in [6.07, 6.45) is 1.53. The number of nitrogens with zero attached hydrogens (tertiary/aromatic N) is 4. The van der Waals surface area contributed by atoms with Gasteiger partial charge in [-0.05, 0) is 36.8 Å². The van der Waals surface area contributed by atoms with Gasteiger partial charge in [0, 0.05) is 37.9 Å². The zero-order valence-electron chi connectivity index (χ0n) is 18.6. The first-order valence-corrected chi connectivity index (χ1v) is 11.7. The number of ether oxygens (including phenoxy) is 1. The van der Waals surface area contributed by atoms with Crippen LogP contribution in [-0.2, 0) is 4.79 Å². The molecule has 1 aliphatic rings. The van der Waals surface area contributed by atoms with E-state index in [2.05, 4.69) is 31.2 Å². The molecule has 0 aliphatic carbocycles. The molecule has 2 heterocycles. The number of hydrogen-bond donors (Lipinski definition) is 1. The van der Waals surface area contributed by atoms with Crippen molar-refractivity contribution in [3.8, 4) is 5.75 Å². The fraction of sp³-hybridized carbons (Fsp3) is 0.292. The Hall–Kier alpha value is -3.33. The lowest BCUT2D eigenvalue weighted by atomic mass is 10.2. The van der Waals surface area contributed by atoms with Crippen molar-refractivity contribution in [1.82, 2.24) is 9.97 Å². The largest absolute Gasteiger partial charge is 0.495 e. The van der Waals surface area contributed by atoms with E-state index in [9.17, 15) is 9.18 Å². The summed E-state index contributed by atoms with van der Waals surface area (Å²) in [7, 11) is 1.69. The number of para-hydroxylation sites is 2. The quantitative estimate of drug-likeness (QED) is 0.416. The van der Waals surface area contributed by atoms with Gasteiger partial charge in [-0.3, -0.25) is 4.79 Å².